The van der Waals surface area contributed by atoms with E-state index in [1.807, 2.05) is 17.2 Å². The van der Waals surface area contributed by atoms with Crippen LogP contribution >= 0.6 is 0 Å². The van der Waals surface area contributed by atoms with Gasteiger partial charge in [-0.25, -0.2) is 4.39 Å². The summed E-state index contributed by atoms with van der Waals surface area (Å²) in [7, 11) is 0. The van der Waals surface area contributed by atoms with E-state index in [2.05, 4.69) is 11.1 Å². The molecule has 0 N–H and O–H groups in total. The third kappa shape index (κ3) is 2.88. The molecule has 7 heteroatoms. The smallest absolute Gasteiger partial charge is 0.294 e. The van der Waals surface area contributed by atoms with Gasteiger partial charge in [0.2, 0.25) is 0 Å². The van der Waals surface area contributed by atoms with Gasteiger partial charge in [-0.2, -0.15) is 5.26 Å². The molecule has 0 bridgehead atoms. The maximum absolute atomic E-state index is 14.8. The van der Waals surface area contributed by atoms with Crippen molar-refractivity contribution in [3.63, 3.8) is 0 Å². The summed E-state index contributed by atoms with van der Waals surface area (Å²) < 4.78 is 19.9. The van der Waals surface area contributed by atoms with Gasteiger partial charge in [-0.05, 0) is 31.1 Å². The first kappa shape index (κ1) is 15.8. The van der Waals surface area contributed by atoms with Gasteiger partial charge in [0.15, 0.2) is 6.19 Å². The Bertz CT molecular complexity index is 748. The van der Waals surface area contributed by atoms with Crippen LogP contribution < -0.4 is 9.80 Å². The fraction of sp³-hybridized carbons (Fsp3) is 0.444. The lowest BCUT2D eigenvalue weighted by molar-refractivity contribution is -0.131. The number of hydrogen-bond acceptors (Lipinski definition) is 6. The van der Waals surface area contributed by atoms with Crippen LogP contribution in [-0.4, -0.2) is 43.6 Å². The molecule has 130 valence electrons. The van der Waals surface area contributed by atoms with Crippen LogP contribution in [0.2, 0.25) is 0 Å². The number of ether oxygens (including phenoxy) is 1. The molecule has 0 spiro atoms. The SMILES string of the molecule is N#CN1CCN(c2cc3c(cc2F)C(OC=O)C=CN3C2CC2)CC1. The predicted octanol–water partition coefficient (Wildman–Crippen LogP) is 2.14. The summed E-state index contributed by atoms with van der Waals surface area (Å²) in [5.74, 6) is -0.324. The van der Waals surface area contributed by atoms with E-state index in [0.717, 1.165) is 18.5 Å². The molecule has 25 heavy (non-hydrogen) atoms. The van der Waals surface area contributed by atoms with Crippen LogP contribution in [0, 0.1) is 17.3 Å². The van der Waals surface area contributed by atoms with E-state index in [0.29, 0.717) is 49.9 Å². The minimum atomic E-state index is -0.554. The number of anilines is 2. The highest BCUT2D eigenvalue weighted by molar-refractivity contribution is 5.69. The lowest BCUT2D eigenvalue weighted by Gasteiger charge is -2.36. The summed E-state index contributed by atoms with van der Waals surface area (Å²) in [5, 5.41) is 8.97. The summed E-state index contributed by atoms with van der Waals surface area (Å²) in [6.45, 7) is 2.80. The van der Waals surface area contributed by atoms with Crippen LogP contribution in [0.15, 0.2) is 24.4 Å². The number of piperazine rings is 1. The average Bonchev–Trinajstić information content (AvgIpc) is 3.47. The van der Waals surface area contributed by atoms with Gasteiger partial charge in [-0.1, -0.05) is 0 Å². The molecule has 6 nitrogen and oxygen atoms in total. The Morgan fingerprint density at radius 1 is 1.20 bits per heavy atom. The first-order valence-electron chi connectivity index (χ1n) is 8.50. The Morgan fingerprint density at radius 3 is 2.60 bits per heavy atom. The second kappa shape index (κ2) is 6.28. The summed E-state index contributed by atoms with van der Waals surface area (Å²) in [6, 6.07) is 3.77. The van der Waals surface area contributed by atoms with E-state index >= 15 is 0 Å². The van der Waals surface area contributed by atoms with Gasteiger partial charge in [0.25, 0.3) is 6.47 Å². The first-order valence-corrected chi connectivity index (χ1v) is 8.50. The molecule has 1 saturated heterocycles. The Hall–Kier alpha value is -2.75. The topological polar surface area (TPSA) is 59.8 Å². The fourth-order valence-corrected chi connectivity index (χ4v) is 3.51. The Kier molecular flexibility index (Phi) is 3.96. The zero-order valence-electron chi connectivity index (χ0n) is 13.8. The monoisotopic (exact) mass is 342 g/mol. The third-order valence-electron chi connectivity index (χ3n) is 5.01. The molecule has 2 aliphatic heterocycles. The number of halogens is 1. The van der Waals surface area contributed by atoms with Crippen molar-refractivity contribution >= 4 is 17.8 Å². The van der Waals surface area contributed by atoms with Crippen LogP contribution in [0.3, 0.4) is 0 Å². The van der Waals surface area contributed by atoms with Crippen molar-refractivity contribution in [2.45, 2.75) is 25.0 Å². The van der Waals surface area contributed by atoms with E-state index in [1.165, 1.54) is 6.07 Å². The van der Waals surface area contributed by atoms with E-state index < -0.39 is 6.10 Å². The first-order chi connectivity index (χ1) is 12.2. The van der Waals surface area contributed by atoms with Crippen molar-refractivity contribution in [2.75, 3.05) is 36.0 Å². The summed E-state index contributed by atoms with van der Waals surface area (Å²) in [5.41, 5.74) is 2.12. The molecular formula is C18H19FN4O2. The van der Waals surface area contributed by atoms with E-state index in [-0.39, 0.29) is 5.82 Å². The largest absolute Gasteiger partial charge is 0.455 e. The van der Waals surface area contributed by atoms with Gasteiger partial charge >= 0.3 is 0 Å². The second-order valence-corrected chi connectivity index (χ2v) is 6.57. The lowest BCUT2D eigenvalue weighted by atomic mass is 10.0. The average molecular weight is 342 g/mol. The van der Waals surface area contributed by atoms with Crippen LogP contribution in [0.25, 0.3) is 0 Å². The molecule has 1 atom stereocenters. The summed E-state index contributed by atoms with van der Waals surface area (Å²) in [6.07, 6.45) is 7.52. The van der Waals surface area contributed by atoms with Crippen LogP contribution in [0.4, 0.5) is 15.8 Å². The van der Waals surface area contributed by atoms with Crippen molar-refractivity contribution in [2.24, 2.45) is 0 Å². The van der Waals surface area contributed by atoms with Crippen LogP contribution in [0.5, 0.6) is 0 Å². The van der Waals surface area contributed by atoms with Crippen molar-refractivity contribution in [3.05, 3.63) is 35.8 Å². The number of carbonyl (C=O) groups excluding carboxylic acids is 1. The Labute approximate surface area is 145 Å². The lowest BCUT2D eigenvalue weighted by Crippen LogP contribution is -2.44. The van der Waals surface area contributed by atoms with Crippen LogP contribution in [0.1, 0.15) is 24.5 Å². The predicted molar refractivity (Wildman–Crippen MR) is 90.3 cm³/mol. The van der Waals surface area contributed by atoms with Crippen LogP contribution in [-0.2, 0) is 9.53 Å². The quantitative estimate of drug-likeness (QED) is 0.617. The standard InChI is InChI=1S/C18H19FN4O2/c19-15-9-14-16(10-17(15)22-7-5-21(11-20)6-8-22)23(13-1-2-13)4-3-18(14)25-12-24/h3-4,9-10,12-13,18H,1-2,5-8H2. The number of nitrogens with zero attached hydrogens (tertiary/aromatic N) is 4. The van der Waals surface area contributed by atoms with E-state index in [1.54, 1.807) is 11.0 Å². The molecule has 4 rings (SSSR count). The number of hydrogen-bond donors (Lipinski definition) is 0. The highest BCUT2D eigenvalue weighted by Crippen LogP contribution is 2.43. The van der Waals surface area contributed by atoms with E-state index in [4.69, 9.17) is 10.00 Å². The van der Waals surface area contributed by atoms with Gasteiger partial charge in [-0.15, -0.1) is 0 Å². The number of rotatable bonds is 4. The molecule has 1 aromatic carbocycles. The molecule has 2 heterocycles. The highest BCUT2D eigenvalue weighted by atomic mass is 19.1. The number of fused-ring (bicyclic) bond motifs is 1. The Morgan fingerprint density at radius 2 is 1.96 bits per heavy atom. The van der Waals surface area contributed by atoms with Crippen molar-refractivity contribution in [3.8, 4) is 6.19 Å². The minimum absolute atomic E-state index is 0.324. The molecule has 0 aromatic heterocycles. The molecule has 1 aromatic rings. The third-order valence-corrected chi connectivity index (χ3v) is 5.01. The molecule has 1 unspecified atom stereocenters. The Balaban J connectivity index is 1.68. The van der Waals surface area contributed by atoms with Gasteiger partial charge in [0, 0.05) is 44.0 Å². The molecule has 0 amide bonds. The fourth-order valence-electron chi connectivity index (χ4n) is 3.51. The zero-order valence-corrected chi connectivity index (χ0v) is 13.8. The van der Waals surface area contributed by atoms with E-state index in [9.17, 15) is 9.18 Å². The van der Waals surface area contributed by atoms with Gasteiger partial charge in [0.05, 0.1) is 11.4 Å². The maximum Gasteiger partial charge on any atom is 0.294 e. The van der Waals surface area contributed by atoms with Crippen molar-refractivity contribution in [1.29, 1.82) is 5.26 Å². The second-order valence-electron chi connectivity index (χ2n) is 6.57. The van der Waals surface area contributed by atoms with Gasteiger partial charge in [0.1, 0.15) is 11.9 Å². The zero-order chi connectivity index (χ0) is 17.4. The maximum atomic E-state index is 14.8. The summed E-state index contributed by atoms with van der Waals surface area (Å²) in [4.78, 5) is 16.6. The summed E-state index contributed by atoms with van der Waals surface area (Å²) >= 11 is 0. The number of carbonyl (C=O) groups is 1. The number of benzene rings is 1. The molecule has 1 aliphatic carbocycles. The number of nitriles is 1. The van der Waals surface area contributed by atoms with Crippen molar-refractivity contribution in [1.82, 2.24) is 4.90 Å². The molecule has 2 fully saturated rings. The van der Waals surface area contributed by atoms with Gasteiger partial charge in [-0.3, -0.25) is 4.79 Å². The van der Waals surface area contributed by atoms with Crippen molar-refractivity contribution < 1.29 is 13.9 Å². The normalized spacial score (nSPS) is 22.4. The highest BCUT2D eigenvalue weighted by Gasteiger charge is 2.34. The molecular weight excluding hydrogens is 323 g/mol. The minimum Gasteiger partial charge on any atom is -0.455 e. The van der Waals surface area contributed by atoms with Gasteiger partial charge < -0.3 is 19.4 Å². The molecule has 1 saturated carbocycles. The molecule has 3 aliphatic rings. The molecule has 0 radical (unpaired) electrons.